The molecule has 0 aliphatic heterocycles. The van der Waals surface area contributed by atoms with Gasteiger partial charge in [0.2, 0.25) is 5.91 Å². The van der Waals surface area contributed by atoms with Crippen LogP contribution in [0, 0.1) is 0 Å². The van der Waals surface area contributed by atoms with Crippen LogP contribution in [-0.2, 0) is 9.59 Å². The van der Waals surface area contributed by atoms with E-state index in [4.69, 9.17) is 5.11 Å². The Morgan fingerprint density at radius 1 is 1.33 bits per heavy atom. The fraction of sp³-hybridized carbons (Fsp3) is 0.286. The van der Waals surface area contributed by atoms with Crippen molar-refractivity contribution in [3.63, 3.8) is 0 Å². The lowest BCUT2D eigenvalue weighted by molar-refractivity contribution is -0.131. The highest BCUT2D eigenvalue weighted by atomic mass is 16.4. The number of aliphatic carboxylic acids is 1. The molecule has 0 aliphatic rings. The van der Waals surface area contributed by atoms with Gasteiger partial charge in [0.25, 0.3) is 5.91 Å². The summed E-state index contributed by atoms with van der Waals surface area (Å²) in [5.74, 6) is -1.81. The Labute approximate surface area is 122 Å². The van der Waals surface area contributed by atoms with E-state index in [0.717, 1.165) is 6.08 Å². The van der Waals surface area contributed by atoms with Crippen LogP contribution >= 0.6 is 0 Å². The van der Waals surface area contributed by atoms with Crippen LogP contribution in [-0.4, -0.2) is 40.5 Å². The molecular weight excluding hydrogens is 274 g/mol. The highest BCUT2D eigenvalue weighted by molar-refractivity contribution is 5.95. The van der Waals surface area contributed by atoms with Gasteiger partial charge < -0.3 is 15.7 Å². The van der Waals surface area contributed by atoms with Gasteiger partial charge in [-0.05, 0) is 31.6 Å². The molecule has 7 nitrogen and oxygen atoms in total. The molecule has 0 atom stereocenters. The molecule has 0 saturated heterocycles. The summed E-state index contributed by atoms with van der Waals surface area (Å²) in [6.45, 7) is 3.52. The molecule has 0 radical (unpaired) electrons. The summed E-state index contributed by atoms with van der Waals surface area (Å²) in [5, 5.41) is 13.6. The van der Waals surface area contributed by atoms with Gasteiger partial charge in [0, 0.05) is 18.3 Å². The lowest BCUT2D eigenvalue weighted by Gasteiger charge is -2.09. The van der Waals surface area contributed by atoms with E-state index >= 15 is 0 Å². The maximum absolute atomic E-state index is 11.7. The van der Waals surface area contributed by atoms with Crippen LogP contribution in [0.4, 0.5) is 0 Å². The summed E-state index contributed by atoms with van der Waals surface area (Å²) < 4.78 is 0. The average molecular weight is 291 g/mol. The minimum atomic E-state index is -1.06. The molecule has 0 aliphatic carbocycles. The number of hydrogen-bond donors (Lipinski definition) is 3. The molecule has 0 bridgehead atoms. The fourth-order valence-electron chi connectivity index (χ4n) is 1.43. The molecule has 1 rings (SSSR count). The predicted molar refractivity (Wildman–Crippen MR) is 76.5 cm³/mol. The third-order valence-corrected chi connectivity index (χ3v) is 2.30. The van der Waals surface area contributed by atoms with Crippen LogP contribution in [0.25, 0.3) is 6.08 Å². The van der Waals surface area contributed by atoms with E-state index in [-0.39, 0.29) is 24.2 Å². The number of hydrogen-bond acceptors (Lipinski definition) is 4. The third-order valence-electron chi connectivity index (χ3n) is 2.30. The number of carboxylic acid groups (broad SMARTS) is 1. The zero-order valence-electron chi connectivity index (χ0n) is 11.8. The first kappa shape index (κ1) is 16.4. The van der Waals surface area contributed by atoms with E-state index in [1.54, 1.807) is 6.07 Å². The largest absolute Gasteiger partial charge is 0.478 e. The van der Waals surface area contributed by atoms with Crippen molar-refractivity contribution in [2.45, 2.75) is 19.9 Å². The van der Waals surface area contributed by atoms with Gasteiger partial charge in [0.1, 0.15) is 5.69 Å². The summed E-state index contributed by atoms with van der Waals surface area (Å²) in [6.07, 6.45) is 3.72. The van der Waals surface area contributed by atoms with Gasteiger partial charge in [-0.3, -0.25) is 14.6 Å². The van der Waals surface area contributed by atoms with Gasteiger partial charge >= 0.3 is 5.97 Å². The Morgan fingerprint density at radius 2 is 2.05 bits per heavy atom. The topological polar surface area (TPSA) is 108 Å². The maximum Gasteiger partial charge on any atom is 0.328 e. The van der Waals surface area contributed by atoms with Crippen LogP contribution in [0.5, 0.6) is 0 Å². The summed E-state index contributed by atoms with van der Waals surface area (Å²) >= 11 is 0. The quantitative estimate of drug-likeness (QED) is 0.659. The van der Waals surface area contributed by atoms with Crippen molar-refractivity contribution >= 4 is 23.9 Å². The molecular formula is C14H17N3O4. The minimum Gasteiger partial charge on any atom is -0.478 e. The van der Waals surface area contributed by atoms with Gasteiger partial charge in [-0.25, -0.2) is 4.79 Å². The van der Waals surface area contributed by atoms with E-state index < -0.39 is 11.9 Å². The van der Waals surface area contributed by atoms with Gasteiger partial charge in [-0.15, -0.1) is 0 Å². The molecule has 1 aromatic heterocycles. The smallest absolute Gasteiger partial charge is 0.328 e. The van der Waals surface area contributed by atoms with Crippen molar-refractivity contribution in [1.82, 2.24) is 15.6 Å². The molecule has 3 N–H and O–H groups in total. The lowest BCUT2D eigenvalue weighted by atomic mass is 10.2. The van der Waals surface area contributed by atoms with Crippen LogP contribution < -0.4 is 10.6 Å². The molecule has 1 heterocycles. The second kappa shape index (κ2) is 7.78. The summed E-state index contributed by atoms with van der Waals surface area (Å²) in [5.41, 5.74) is 0.714. The van der Waals surface area contributed by atoms with Crippen molar-refractivity contribution in [3.05, 3.63) is 35.7 Å². The molecule has 0 saturated carbocycles. The van der Waals surface area contributed by atoms with Gasteiger partial charge in [-0.1, -0.05) is 6.07 Å². The zero-order valence-corrected chi connectivity index (χ0v) is 11.8. The van der Waals surface area contributed by atoms with Crippen molar-refractivity contribution in [2.75, 3.05) is 6.54 Å². The number of nitrogens with zero attached hydrogens (tertiary/aromatic N) is 1. The number of amides is 2. The number of carbonyl (C=O) groups is 3. The van der Waals surface area contributed by atoms with Crippen LogP contribution in [0.15, 0.2) is 24.4 Å². The number of rotatable bonds is 6. The van der Waals surface area contributed by atoms with Crippen molar-refractivity contribution in [1.29, 1.82) is 0 Å². The highest BCUT2D eigenvalue weighted by Gasteiger charge is 2.09. The van der Waals surface area contributed by atoms with E-state index in [9.17, 15) is 14.4 Å². The number of carboxylic acids is 1. The second-order valence-corrected chi connectivity index (χ2v) is 4.55. The monoisotopic (exact) mass is 291 g/mol. The number of nitrogens with one attached hydrogen (secondary N) is 2. The van der Waals surface area contributed by atoms with Gasteiger partial charge in [0.05, 0.1) is 6.54 Å². The predicted octanol–water partition coefficient (Wildman–Crippen LogP) is 0.434. The first-order chi connectivity index (χ1) is 9.88. The fourth-order valence-corrected chi connectivity index (χ4v) is 1.43. The molecule has 0 fully saturated rings. The highest BCUT2D eigenvalue weighted by Crippen LogP contribution is 2.02. The Balaban J connectivity index is 2.55. The third kappa shape index (κ3) is 6.33. The SMILES string of the molecule is CC(C)NC(=O)CNC(=O)c1ccc(C=CC(=O)O)cn1. The van der Waals surface area contributed by atoms with E-state index in [1.165, 1.54) is 18.3 Å². The summed E-state index contributed by atoms with van der Waals surface area (Å²) in [6, 6.07) is 3.03. The zero-order chi connectivity index (χ0) is 15.8. The van der Waals surface area contributed by atoms with E-state index in [1.807, 2.05) is 13.8 Å². The van der Waals surface area contributed by atoms with E-state index in [2.05, 4.69) is 15.6 Å². The minimum absolute atomic E-state index is 0.00725. The van der Waals surface area contributed by atoms with Crippen LogP contribution in [0.2, 0.25) is 0 Å². The first-order valence-electron chi connectivity index (χ1n) is 6.33. The van der Waals surface area contributed by atoms with Crippen molar-refractivity contribution in [3.8, 4) is 0 Å². The first-order valence-corrected chi connectivity index (χ1v) is 6.33. The van der Waals surface area contributed by atoms with Gasteiger partial charge in [0.15, 0.2) is 0 Å². The lowest BCUT2D eigenvalue weighted by Crippen LogP contribution is -2.40. The molecule has 112 valence electrons. The summed E-state index contributed by atoms with van der Waals surface area (Å²) in [4.78, 5) is 37.4. The molecule has 21 heavy (non-hydrogen) atoms. The Hall–Kier alpha value is -2.70. The molecule has 7 heteroatoms. The molecule has 0 unspecified atom stereocenters. The standard InChI is InChI=1S/C14H17N3O4/c1-9(2)17-12(18)8-16-14(21)11-5-3-10(7-15-11)4-6-13(19)20/h3-7,9H,8H2,1-2H3,(H,16,21)(H,17,18)(H,19,20). The number of aromatic nitrogens is 1. The average Bonchev–Trinajstić information content (AvgIpc) is 2.42. The second-order valence-electron chi connectivity index (χ2n) is 4.55. The van der Waals surface area contributed by atoms with E-state index in [0.29, 0.717) is 5.56 Å². The maximum atomic E-state index is 11.7. The van der Waals surface area contributed by atoms with Crippen LogP contribution in [0.1, 0.15) is 29.9 Å². The summed E-state index contributed by atoms with van der Waals surface area (Å²) in [7, 11) is 0. The van der Waals surface area contributed by atoms with Crippen molar-refractivity contribution in [2.24, 2.45) is 0 Å². The van der Waals surface area contributed by atoms with Gasteiger partial charge in [-0.2, -0.15) is 0 Å². The molecule has 2 amide bonds. The molecule has 1 aromatic rings. The normalized spacial score (nSPS) is 10.6. The van der Waals surface area contributed by atoms with Crippen molar-refractivity contribution < 1.29 is 19.5 Å². The van der Waals surface area contributed by atoms with Crippen LogP contribution in [0.3, 0.4) is 0 Å². The Bertz CT molecular complexity index is 550. The Kier molecular flexibility index (Phi) is 6.06. The Morgan fingerprint density at radius 3 is 2.57 bits per heavy atom. The number of pyridine rings is 1. The number of carbonyl (C=O) groups excluding carboxylic acids is 2. The molecule has 0 spiro atoms. The molecule has 0 aromatic carbocycles.